The number of anilines is 1. The highest BCUT2D eigenvalue weighted by Gasteiger charge is 2.20. The molecule has 1 aromatic carbocycles. The lowest BCUT2D eigenvalue weighted by molar-refractivity contribution is -0.139. The lowest BCUT2D eigenvalue weighted by Gasteiger charge is -2.10. The van der Waals surface area contributed by atoms with Crippen molar-refractivity contribution >= 4 is 39.4 Å². The average Bonchev–Trinajstić information content (AvgIpc) is 3.15. The minimum absolute atomic E-state index is 0.0361. The summed E-state index contributed by atoms with van der Waals surface area (Å²) in [7, 11) is 3.14. The molecule has 0 atom stereocenters. The van der Waals surface area contributed by atoms with Gasteiger partial charge >= 0.3 is 5.97 Å². The Hall–Kier alpha value is -3.13. The summed E-state index contributed by atoms with van der Waals surface area (Å²) in [6, 6.07) is 5.34. The fourth-order valence-electron chi connectivity index (χ4n) is 3.59. The minimum atomic E-state index is -0.499. The fraction of sp³-hybridized carbons (Fsp3) is 0.318. The Balaban J connectivity index is 1.45. The molecule has 7 nitrogen and oxygen atoms in total. The predicted molar refractivity (Wildman–Crippen MR) is 117 cm³/mol. The zero-order valence-corrected chi connectivity index (χ0v) is 17.8. The molecule has 0 saturated carbocycles. The Morgan fingerprint density at radius 1 is 1.20 bits per heavy atom. The number of hydrogen-bond acceptors (Lipinski definition) is 8. The summed E-state index contributed by atoms with van der Waals surface area (Å²) in [5.74, 6) is 1.64. The van der Waals surface area contributed by atoms with Gasteiger partial charge in [0, 0.05) is 22.6 Å². The van der Waals surface area contributed by atoms with Gasteiger partial charge in [0.25, 0.3) is 0 Å². The van der Waals surface area contributed by atoms with Crippen molar-refractivity contribution in [2.45, 2.75) is 32.3 Å². The van der Waals surface area contributed by atoms with Crippen molar-refractivity contribution in [1.29, 1.82) is 0 Å². The molecule has 3 aromatic rings. The molecule has 0 aliphatic heterocycles. The Labute approximate surface area is 178 Å². The maximum atomic E-state index is 12.2. The minimum Gasteiger partial charge on any atom is -0.497 e. The predicted octanol–water partition coefficient (Wildman–Crippen LogP) is 3.93. The number of benzene rings is 1. The largest absolute Gasteiger partial charge is 0.497 e. The fourth-order valence-corrected chi connectivity index (χ4v) is 4.88. The van der Waals surface area contributed by atoms with Gasteiger partial charge in [-0.15, -0.1) is 11.3 Å². The van der Waals surface area contributed by atoms with E-state index in [-0.39, 0.29) is 6.61 Å². The number of nitrogens with zero attached hydrogens (tertiary/aromatic N) is 2. The van der Waals surface area contributed by atoms with Crippen LogP contribution in [0.25, 0.3) is 16.3 Å². The molecule has 1 aliphatic rings. The Bertz CT molecular complexity index is 1120. The van der Waals surface area contributed by atoms with Gasteiger partial charge < -0.3 is 19.9 Å². The molecule has 2 N–H and O–H groups in total. The van der Waals surface area contributed by atoms with E-state index in [1.807, 2.05) is 0 Å². The number of carbonyl (C=O) groups is 1. The smallest absolute Gasteiger partial charge is 0.331 e. The number of esters is 1. The molecule has 0 bridgehead atoms. The SMILES string of the molecule is COc1ccc(/C=C/C(=O)OCc2nc(N)c3c4c(sc3n2)CCCC4)c(OC)c1. The summed E-state index contributed by atoms with van der Waals surface area (Å²) < 4.78 is 15.8. The Morgan fingerprint density at radius 3 is 2.83 bits per heavy atom. The van der Waals surface area contributed by atoms with E-state index in [1.165, 1.54) is 29.4 Å². The van der Waals surface area contributed by atoms with Crippen molar-refractivity contribution in [3.05, 3.63) is 46.1 Å². The van der Waals surface area contributed by atoms with E-state index in [9.17, 15) is 4.79 Å². The first-order chi connectivity index (χ1) is 14.6. The average molecular weight is 426 g/mol. The van der Waals surface area contributed by atoms with E-state index in [4.69, 9.17) is 19.9 Å². The number of nitrogens with two attached hydrogens (primary N) is 1. The van der Waals surface area contributed by atoms with E-state index < -0.39 is 5.97 Å². The molecule has 1 aliphatic carbocycles. The molecule has 2 heterocycles. The van der Waals surface area contributed by atoms with Crippen LogP contribution in [0.2, 0.25) is 0 Å². The topological polar surface area (TPSA) is 96.6 Å². The van der Waals surface area contributed by atoms with E-state index in [2.05, 4.69) is 9.97 Å². The molecule has 0 fully saturated rings. The Kier molecular flexibility index (Phi) is 5.85. The maximum absolute atomic E-state index is 12.2. The van der Waals surface area contributed by atoms with Crippen LogP contribution in [0.4, 0.5) is 5.82 Å². The molecule has 30 heavy (non-hydrogen) atoms. The van der Waals surface area contributed by atoms with Crippen LogP contribution in [0.15, 0.2) is 24.3 Å². The van der Waals surface area contributed by atoms with Crippen molar-refractivity contribution in [2.24, 2.45) is 0 Å². The van der Waals surface area contributed by atoms with Crippen LogP contribution in [0.3, 0.4) is 0 Å². The highest BCUT2D eigenvalue weighted by Crippen LogP contribution is 2.37. The number of aryl methyl sites for hydroxylation is 2. The van der Waals surface area contributed by atoms with Gasteiger partial charge in [0.05, 0.1) is 19.6 Å². The first-order valence-corrected chi connectivity index (χ1v) is 10.5. The van der Waals surface area contributed by atoms with Gasteiger partial charge in [-0.1, -0.05) is 0 Å². The second-order valence-electron chi connectivity index (χ2n) is 6.97. The zero-order valence-electron chi connectivity index (χ0n) is 16.9. The van der Waals surface area contributed by atoms with Crippen LogP contribution in [-0.4, -0.2) is 30.2 Å². The molecule has 0 spiro atoms. The van der Waals surface area contributed by atoms with Gasteiger partial charge in [-0.25, -0.2) is 14.8 Å². The highest BCUT2D eigenvalue weighted by atomic mass is 32.1. The molecule has 0 amide bonds. The van der Waals surface area contributed by atoms with Crippen LogP contribution in [-0.2, 0) is 29.0 Å². The summed E-state index contributed by atoms with van der Waals surface area (Å²) in [6.45, 7) is -0.0361. The zero-order chi connectivity index (χ0) is 21.1. The number of fused-ring (bicyclic) bond motifs is 3. The van der Waals surface area contributed by atoms with Crippen molar-refractivity contribution in [1.82, 2.24) is 9.97 Å². The van der Waals surface area contributed by atoms with Gasteiger partial charge in [-0.05, 0) is 49.5 Å². The van der Waals surface area contributed by atoms with Crippen molar-refractivity contribution in [3.63, 3.8) is 0 Å². The second-order valence-corrected chi connectivity index (χ2v) is 8.05. The summed E-state index contributed by atoms with van der Waals surface area (Å²) in [5.41, 5.74) is 8.23. The van der Waals surface area contributed by atoms with Crippen molar-refractivity contribution < 1.29 is 19.0 Å². The second kappa shape index (κ2) is 8.71. The summed E-state index contributed by atoms with van der Waals surface area (Å²) >= 11 is 1.67. The summed E-state index contributed by atoms with van der Waals surface area (Å²) in [6.07, 6.45) is 7.44. The third-order valence-electron chi connectivity index (χ3n) is 5.07. The van der Waals surface area contributed by atoms with E-state index in [0.717, 1.165) is 28.6 Å². The normalized spacial score (nSPS) is 13.4. The van der Waals surface area contributed by atoms with Gasteiger partial charge in [-0.3, -0.25) is 0 Å². The number of rotatable bonds is 6. The number of methoxy groups -OCH3 is 2. The Morgan fingerprint density at radius 2 is 2.03 bits per heavy atom. The quantitative estimate of drug-likeness (QED) is 0.472. The number of ether oxygens (including phenoxy) is 3. The van der Waals surface area contributed by atoms with Gasteiger partial charge in [0.2, 0.25) is 0 Å². The molecule has 0 saturated heterocycles. The van der Waals surface area contributed by atoms with Gasteiger partial charge in [-0.2, -0.15) is 0 Å². The maximum Gasteiger partial charge on any atom is 0.331 e. The molecule has 0 unspecified atom stereocenters. The molecule has 156 valence electrons. The molecule has 8 heteroatoms. The standard InChI is InChI=1S/C22H23N3O4S/c1-27-14-9-7-13(16(11-14)28-2)8-10-19(26)29-12-18-24-21(23)20-15-5-3-4-6-17(15)30-22(20)25-18/h7-11H,3-6,12H2,1-2H3,(H2,23,24,25)/b10-8+. The number of thiophene rings is 1. The molecule has 0 radical (unpaired) electrons. The van der Waals surface area contributed by atoms with Crippen molar-refractivity contribution in [2.75, 3.05) is 20.0 Å². The monoisotopic (exact) mass is 425 g/mol. The lowest BCUT2D eigenvalue weighted by atomic mass is 9.97. The number of aromatic nitrogens is 2. The van der Waals surface area contributed by atoms with Crippen LogP contribution < -0.4 is 15.2 Å². The molecule has 2 aromatic heterocycles. The first kappa shape index (κ1) is 20.2. The third kappa shape index (κ3) is 4.09. The van der Waals surface area contributed by atoms with Gasteiger partial charge in [0.15, 0.2) is 12.4 Å². The molecular weight excluding hydrogens is 402 g/mol. The number of nitrogen functional groups attached to an aromatic ring is 1. The number of hydrogen-bond donors (Lipinski definition) is 1. The van der Waals surface area contributed by atoms with Crippen LogP contribution in [0.5, 0.6) is 11.5 Å². The van der Waals surface area contributed by atoms with Crippen molar-refractivity contribution in [3.8, 4) is 11.5 Å². The summed E-state index contributed by atoms with van der Waals surface area (Å²) in [4.78, 5) is 23.3. The lowest BCUT2D eigenvalue weighted by Crippen LogP contribution is -2.07. The molecular formula is C22H23N3O4S. The van der Waals surface area contributed by atoms with Crippen LogP contribution in [0, 0.1) is 0 Å². The van der Waals surface area contributed by atoms with E-state index in [1.54, 1.807) is 49.8 Å². The van der Waals surface area contributed by atoms with Gasteiger partial charge in [0.1, 0.15) is 22.1 Å². The number of carbonyl (C=O) groups excluding carboxylic acids is 1. The highest BCUT2D eigenvalue weighted by molar-refractivity contribution is 7.19. The third-order valence-corrected chi connectivity index (χ3v) is 6.26. The van der Waals surface area contributed by atoms with Crippen LogP contribution in [0.1, 0.15) is 34.7 Å². The van der Waals surface area contributed by atoms with E-state index in [0.29, 0.717) is 23.1 Å². The molecule has 4 rings (SSSR count). The summed E-state index contributed by atoms with van der Waals surface area (Å²) in [5, 5.41) is 0.969. The van der Waals surface area contributed by atoms with E-state index >= 15 is 0 Å². The first-order valence-electron chi connectivity index (χ1n) is 9.72. The van der Waals surface area contributed by atoms with Crippen LogP contribution >= 0.6 is 11.3 Å².